The molecule has 1 atom stereocenters. The number of nitro benzene ring substituents is 1. The van der Waals surface area contributed by atoms with Gasteiger partial charge in [-0.1, -0.05) is 12.1 Å². The molecule has 0 spiro atoms. The first-order valence-corrected chi connectivity index (χ1v) is 10.2. The number of nitrogens with one attached hydrogen (secondary N) is 2. The molecule has 0 unspecified atom stereocenters. The van der Waals surface area contributed by atoms with E-state index in [1.165, 1.54) is 12.1 Å². The topological polar surface area (TPSA) is 120 Å². The predicted octanol–water partition coefficient (Wildman–Crippen LogP) is 2.53. The number of hydrogen-bond donors (Lipinski definition) is 2. The van der Waals surface area contributed by atoms with Gasteiger partial charge in [-0.05, 0) is 38.1 Å². The second kappa shape index (κ2) is 8.03. The van der Waals surface area contributed by atoms with Gasteiger partial charge in [0.2, 0.25) is 10.0 Å². The van der Waals surface area contributed by atoms with Crippen LogP contribution in [0, 0.1) is 10.1 Å². The van der Waals surface area contributed by atoms with Gasteiger partial charge in [0, 0.05) is 12.1 Å². The monoisotopic (exact) mass is 407 g/mol. The Hall–Kier alpha value is -2.85. The summed E-state index contributed by atoms with van der Waals surface area (Å²) in [6.45, 7) is 3.90. The predicted molar refractivity (Wildman–Crippen MR) is 103 cm³/mol. The van der Waals surface area contributed by atoms with Crippen LogP contribution in [0.3, 0.4) is 0 Å². The number of sulfonamides is 1. The number of nitro groups is 1. The number of fused-ring (bicyclic) bond motifs is 1. The average molecular weight is 407 g/mol. The minimum Gasteiger partial charge on any atom is -0.486 e. The third-order valence-electron chi connectivity index (χ3n) is 3.95. The quantitative estimate of drug-likeness (QED) is 0.534. The summed E-state index contributed by atoms with van der Waals surface area (Å²) in [5.74, 6) is 1.26. The van der Waals surface area contributed by atoms with Gasteiger partial charge in [0.15, 0.2) is 11.5 Å². The van der Waals surface area contributed by atoms with Crippen LogP contribution in [0.1, 0.15) is 13.8 Å². The van der Waals surface area contributed by atoms with Gasteiger partial charge in [-0.15, -0.1) is 0 Å². The van der Waals surface area contributed by atoms with Crippen molar-refractivity contribution in [3.63, 3.8) is 0 Å². The summed E-state index contributed by atoms with van der Waals surface area (Å²) in [5.41, 5.74) is -0.125. The van der Waals surface area contributed by atoms with Gasteiger partial charge in [-0.25, -0.2) is 13.1 Å². The van der Waals surface area contributed by atoms with E-state index in [9.17, 15) is 18.5 Å². The maximum atomic E-state index is 12.3. The third kappa shape index (κ3) is 4.52. The Kier molecular flexibility index (Phi) is 5.71. The van der Waals surface area contributed by atoms with Crippen molar-refractivity contribution in [2.45, 2.75) is 30.9 Å². The van der Waals surface area contributed by atoms with Crippen LogP contribution in [0.2, 0.25) is 0 Å². The Balaban J connectivity index is 1.75. The highest BCUT2D eigenvalue weighted by Gasteiger charge is 2.24. The molecular formula is C18H21N3O6S. The molecule has 2 aromatic carbocycles. The summed E-state index contributed by atoms with van der Waals surface area (Å²) in [6.07, 6.45) is -0.347. The van der Waals surface area contributed by atoms with Gasteiger partial charge in [0.25, 0.3) is 5.69 Å². The minimum atomic E-state index is -3.83. The van der Waals surface area contributed by atoms with Crippen LogP contribution in [-0.2, 0) is 10.0 Å². The molecule has 3 rings (SSSR count). The molecule has 1 heterocycles. The van der Waals surface area contributed by atoms with Crippen molar-refractivity contribution in [3.05, 3.63) is 52.6 Å². The highest BCUT2D eigenvalue weighted by atomic mass is 32.2. The lowest BCUT2D eigenvalue weighted by Gasteiger charge is -2.26. The number of benzene rings is 2. The molecule has 2 aromatic rings. The van der Waals surface area contributed by atoms with Gasteiger partial charge >= 0.3 is 0 Å². The summed E-state index contributed by atoms with van der Waals surface area (Å²) in [4.78, 5) is 10.6. The fourth-order valence-corrected chi connectivity index (χ4v) is 4.02. The number of hydrogen-bond acceptors (Lipinski definition) is 7. The van der Waals surface area contributed by atoms with E-state index >= 15 is 0 Å². The highest BCUT2D eigenvalue weighted by molar-refractivity contribution is 7.89. The van der Waals surface area contributed by atoms with Gasteiger partial charge in [-0.2, -0.15) is 0 Å². The van der Waals surface area contributed by atoms with Crippen LogP contribution < -0.4 is 19.5 Å². The van der Waals surface area contributed by atoms with E-state index in [0.29, 0.717) is 18.1 Å². The summed E-state index contributed by atoms with van der Waals surface area (Å²) in [7, 11) is -3.83. The standard InChI is InChI=1S/C18H21N3O6S/c1-12(2)20-28(24,25)14-7-8-15(16(9-14)21(22)23)19-10-13-11-26-17-5-3-4-6-18(17)27-13/h3-9,12-13,19-20H,10-11H2,1-2H3/t13-/m1/s1. The zero-order valence-electron chi connectivity index (χ0n) is 15.4. The normalized spacial score (nSPS) is 16.0. The minimum absolute atomic E-state index is 0.162. The molecule has 0 aromatic heterocycles. The molecule has 0 saturated carbocycles. The Bertz CT molecular complexity index is 977. The fourth-order valence-electron chi connectivity index (χ4n) is 2.74. The largest absolute Gasteiger partial charge is 0.486 e. The molecule has 2 N–H and O–H groups in total. The summed E-state index contributed by atoms with van der Waals surface area (Å²) in [6, 6.07) is 10.7. The number of ether oxygens (including phenoxy) is 2. The van der Waals surface area contributed by atoms with E-state index < -0.39 is 14.9 Å². The van der Waals surface area contributed by atoms with Crippen LogP contribution in [0.15, 0.2) is 47.4 Å². The Morgan fingerprint density at radius 1 is 1.21 bits per heavy atom. The molecule has 1 aliphatic rings. The lowest BCUT2D eigenvalue weighted by Crippen LogP contribution is -2.35. The molecule has 0 fully saturated rings. The molecule has 0 saturated heterocycles. The second-order valence-electron chi connectivity index (χ2n) is 6.59. The van der Waals surface area contributed by atoms with Crippen LogP contribution in [0.4, 0.5) is 11.4 Å². The van der Waals surface area contributed by atoms with E-state index in [1.54, 1.807) is 26.0 Å². The molecule has 10 heteroatoms. The lowest BCUT2D eigenvalue weighted by molar-refractivity contribution is -0.384. The van der Waals surface area contributed by atoms with Crippen LogP contribution in [0.5, 0.6) is 11.5 Å². The maximum Gasteiger partial charge on any atom is 0.293 e. The molecule has 0 bridgehead atoms. The first-order valence-electron chi connectivity index (χ1n) is 8.69. The molecule has 9 nitrogen and oxygen atoms in total. The zero-order chi connectivity index (χ0) is 20.3. The molecular weight excluding hydrogens is 386 g/mol. The van der Waals surface area contributed by atoms with E-state index in [0.717, 1.165) is 6.07 Å². The SMILES string of the molecule is CC(C)NS(=O)(=O)c1ccc(NC[C@@H]2COc3ccccc3O2)c([N+](=O)[O-])c1. The summed E-state index contributed by atoms with van der Waals surface area (Å²) in [5, 5.41) is 14.4. The lowest BCUT2D eigenvalue weighted by atomic mass is 10.2. The van der Waals surface area contributed by atoms with Crippen molar-refractivity contribution in [2.75, 3.05) is 18.5 Å². The fraction of sp³-hybridized carbons (Fsp3) is 0.333. The molecule has 150 valence electrons. The number of anilines is 1. The molecule has 0 aliphatic carbocycles. The van der Waals surface area contributed by atoms with Crippen LogP contribution in [0.25, 0.3) is 0 Å². The smallest absolute Gasteiger partial charge is 0.293 e. The van der Waals surface area contributed by atoms with E-state index in [4.69, 9.17) is 9.47 Å². The van der Waals surface area contributed by atoms with E-state index in [2.05, 4.69) is 10.0 Å². The molecule has 0 radical (unpaired) electrons. The molecule has 1 aliphatic heterocycles. The van der Waals surface area contributed by atoms with E-state index in [-0.39, 0.29) is 35.0 Å². The molecule has 28 heavy (non-hydrogen) atoms. The average Bonchev–Trinajstić information content (AvgIpc) is 2.65. The number of nitrogens with zero attached hydrogens (tertiary/aromatic N) is 1. The van der Waals surface area contributed by atoms with Crippen molar-refractivity contribution in [1.29, 1.82) is 0 Å². The first-order chi connectivity index (χ1) is 13.3. The van der Waals surface area contributed by atoms with Gasteiger partial charge < -0.3 is 14.8 Å². The highest BCUT2D eigenvalue weighted by Crippen LogP contribution is 2.32. The third-order valence-corrected chi connectivity index (χ3v) is 5.61. The Labute approximate surface area is 162 Å². The maximum absolute atomic E-state index is 12.3. The van der Waals surface area contributed by atoms with Crippen LogP contribution >= 0.6 is 0 Å². The summed E-state index contributed by atoms with van der Waals surface area (Å²) >= 11 is 0. The zero-order valence-corrected chi connectivity index (χ0v) is 16.2. The van der Waals surface area contributed by atoms with Gasteiger partial charge in [0.05, 0.1) is 16.4 Å². The Morgan fingerprint density at radius 3 is 2.61 bits per heavy atom. The van der Waals surface area contributed by atoms with Gasteiger partial charge in [-0.3, -0.25) is 10.1 Å². The summed E-state index contributed by atoms with van der Waals surface area (Å²) < 4.78 is 38.4. The van der Waals surface area contributed by atoms with E-state index in [1.807, 2.05) is 12.1 Å². The Morgan fingerprint density at radius 2 is 1.93 bits per heavy atom. The molecule has 0 amide bonds. The van der Waals surface area contributed by atoms with Crippen molar-refractivity contribution < 1.29 is 22.8 Å². The van der Waals surface area contributed by atoms with Crippen molar-refractivity contribution >= 4 is 21.4 Å². The van der Waals surface area contributed by atoms with Crippen molar-refractivity contribution in [3.8, 4) is 11.5 Å². The number of rotatable bonds is 7. The van der Waals surface area contributed by atoms with Crippen molar-refractivity contribution in [1.82, 2.24) is 4.72 Å². The second-order valence-corrected chi connectivity index (χ2v) is 8.30. The van der Waals surface area contributed by atoms with Crippen molar-refractivity contribution in [2.24, 2.45) is 0 Å². The number of para-hydroxylation sites is 2. The van der Waals surface area contributed by atoms with Crippen LogP contribution in [-0.4, -0.2) is 38.6 Å². The first kappa shape index (κ1) is 19.9. The van der Waals surface area contributed by atoms with Gasteiger partial charge in [0.1, 0.15) is 18.4 Å².